The first-order chi connectivity index (χ1) is 9.54. The molecule has 0 atom stereocenters. The highest BCUT2D eigenvalue weighted by Crippen LogP contribution is 2.19. The molecule has 0 aromatic heterocycles. The van der Waals surface area contributed by atoms with Crippen LogP contribution in [0.25, 0.3) is 0 Å². The molecule has 0 heterocycles. The van der Waals surface area contributed by atoms with E-state index in [1.807, 2.05) is 19.1 Å². The molecule has 2 amide bonds. The summed E-state index contributed by atoms with van der Waals surface area (Å²) >= 11 is 5.99. The lowest BCUT2D eigenvalue weighted by Gasteiger charge is -2.09. The van der Waals surface area contributed by atoms with Crippen molar-refractivity contribution in [3.63, 3.8) is 0 Å². The van der Waals surface area contributed by atoms with Crippen molar-refractivity contribution in [1.82, 2.24) is 5.32 Å². The maximum atomic E-state index is 11.7. The molecule has 5 heteroatoms. The zero-order chi connectivity index (χ0) is 14.5. The highest BCUT2D eigenvalue weighted by atomic mass is 35.5. The Morgan fingerprint density at radius 1 is 1.25 bits per heavy atom. The summed E-state index contributed by atoms with van der Waals surface area (Å²) in [7, 11) is 0. The molecule has 0 aliphatic rings. The maximum absolute atomic E-state index is 11.7. The number of carbonyl (C=O) groups excluding carboxylic acids is 1. The van der Waals surface area contributed by atoms with Crippen LogP contribution >= 0.6 is 11.6 Å². The molecule has 0 saturated heterocycles. The smallest absolute Gasteiger partial charge is 0.319 e. The Bertz CT molecular complexity index is 629. The zero-order valence-electron chi connectivity index (χ0n) is 11.0. The summed E-state index contributed by atoms with van der Waals surface area (Å²) in [5.41, 5.74) is 2.41. The van der Waals surface area contributed by atoms with E-state index < -0.39 is 0 Å². The Morgan fingerprint density at radius 2 is 2.05 bits per heavy atom. The monoisotopic (exact) mass is 290 g/mol. The van der Waals surface area contributed by atoms with E-state index in [0.29, 0.717) is 17.3 Å². The number of phenols is 1. The number of phenolic OH excluding ortho intramolecular Hbond substituents is 1. The molecule has 2 aromatic carbocycles. The number of hydrogen-bond donors (Lipinski definition) is 3. The van der Waals surface area contributed by atoms with Gasteiger partial charge in [0.25, 0.3) is 0 Å². The Labute approximate surface area is 122 Å². The molecule has 0 saturated carbocycles. The van der Waals surface area contributed by atoms with Crippen LogP contribution in [0.15, 0.2) is 42.5 Å². The number of urea groups is 1. The van der Waals surface area contributed by atoms with Gasteiger partial charge in [0.15, 0.2) is 0 Å². The minimum absolute atomic E-state index is 0.176. The van der Waals surface area contributed by atoms with E-state index in [9.17, 15) is 9.90 Å². The summed E-state index contributed by atoms with van der Waals surface area (Å²) < 4.78 is 0. The van der Waals surface area contributed by atoms with Crippen LogP contribution in [0.5, 0.6) is 5.75 Å². The van der Waals surface area contributed by atoms with Gasteiger partial charge in [-0.3, -0.25) is 0 Å². The molecular formula is C15H15ClN2O2. The number of nitrogens with one attached hydrogen (secondary N) is 2. The summed E-state index contributed by atoms with van der Waals surface area (Å²) in [4.78, 5) is 11.7. The fourth-order valence-corrected chi connectivity index (χ4v) is 1.88. The third-order valence-corrected chi connectivity index (χ3v) is 3.20. The summed E-state index contributed by atoms with van der Waals surface area (Å²) in [6.45, 7) is 2.23. The second-order valence-corrected chi connectivity index (χ2v) is 4.85. The highest BCUT2D eigenvalue weighted by Gasteiger charge is 2.03. The predicted molar refractivity (Wildman–Crippen MR) is 80.2 cm³/mol. The Hall–Kier alpha value is -2.20. The molecule has 2 aromatic rings. The fraction of sp³-hybridized carbons (Fsp3) is 0.133. The predicted octanol–water partition coefficient (Wildman–Crippen LogP) is 3.68. The first kappa shape index (κ1) is 14.2. The molecule has 3 N–H and O–H groups in total. The molecule has 104 valence electrons. The van der Waals surface area contributed by atoms with Crippen LogP contribution in [0.1, 0.15) is 11.1 Å². The van der Waals surface area contributed by atoms with Crippen LogP contribution in [0.4, 0.5) is 10.5 Å². The molecule has 2 rings (SSSR count). The lowest BCUT2D eigenvalue weighted by atomic mass is 10.2. The van der Waals surface area contributed by atoms with E-state index in [-0.39, 0.29) is 11.8 Å². The number of aromatic hydroxyl groups is 1. The van der Waals surface area contributed by atoms with Crippen LogP contribution < -0.4 is 10.6 Å². The minimum atomic E-state index is -0.326. The van der Waals surface area contributed by atoms with E-state index >= 15 is 0 Å². The number of carbonyl (C=O) groups is 1. The van der Waals surface area contributed by atoms with Crippen LogP contribution in [-0.2, 0) is 6.54 Å². The van der Waals surface area contributed by atoms with E-state index in [1.165, 1.54) is 0 Å². The van der Waals surface area contributed by atoms with Gasteiger partial charge in [-0.15, -0.1) is 0 Å². The standard InChI is InChI=1S/C15H15ClN2O2/c1-10-5-6-12(8-14(10)16)18-15(20)17-9-11-3-2-4-13(19)7-11/h2-8,19H,9H2,1H3,(H2,17,18,20). The van der Waals surface area contributed by atoms with Gasteiger partial charge in [0.1, 0.15) is 5.75 Å². The van der Waals surface area contributed by atoms with Gasteiger partial charge in [0.2, 0.25) is 0 Å². The van der Waals surface area contributed by atoms with E-state index in [0.717, 1.165) is 11.1 Å². The van der Waals surface area contributed by atoms with Gasteiger partial charge in [-0.25, -0.2) is 4.79 Å². The van der Waals surface area contributed by atoms with Crippen LogP contribution in [0.2, 0.25) is 5.02 Å². The van der Waals surface area contributed by atoms with Gasteiger partial charge in [0.05, 0.1) is 0 Å². The molecular weight excluding hydrogens is 276 g/mol. The summed E-state index contributed by atoms with van der Waals surface area (Å²) in [5.74, 6) is 0.176. The Morgan fingerprint density at radius 3 is 2.75 bits per heavy atom. The van der Waals surface area contributed by atoms with Gasteiger partial charge in [-0.2, -0.15) is 0 Å². The number of hydrogen-bond acceptors (Lipinski definition) is 2. The summed E-state index contributed by atoms with van der Waals surface area (Å²) in [5, 5.41) is 15.3. The third-order valence-electron chi connectivity index (χ3n) is 2.79. The maximum Gasteiger partial charge on any atom is 0.319 e. The van der Waals surface area contributed by atoms with Crippen molar-refractivity contribution in [1.29, 1.82) is 0 Å². The molecule has 0 fully saturated rings. The average Bonchev–Trinajstić information content (AvgIpc) is 2.41. The van der Waals surface area contributed by atoms with Gasteiger partial charge < -0.3 is 15.7 Å². The second-order valence-electron chi connectivity index (χ2n) is 4.44. The van der Waals surface area contributed by atoms with Crippen LogP contribution in [-0.4, -0.2) is 11.1 Å². The number of amides is 2. The van der Waals surface area contributed by atoms with Crippen molar-refractivity contribution in [2.45, 2.75) is 13.5 Å². The number of rotatable bonds is 3. The molecule has 0 spiro atoms. The molecule has 0 bridgehead atoms. The topological polar surface area (TPSA) is 61.4 Å². The van der Waals surface area contributed by atoms with Gasteiger partial charge in [-0.1, -0.05) is 29.8 Å². The van der Waals surface area contributed by atoms with Gasteiger partial charge >= 0.3 is 6.03 Å². The zero-order valence-corrected chi connectivity index (χ0v) is 11.7. The quantitative estimate of drug-likeness (QED) is 0.807. The Balaban J connectivity index is 1.91. The van der Waals surface area contributed by atoms with Crippen LogP contribution in [0.3, 0.4) is 0 Å². The first-order valence-electron chi connectivity index (χ1n) is 6.13. The summed E-state index contributed by atoms with van der Waals surface area (Å²) in [6.07, 6.45) is 0. The second kappa shape index (κ2) is 6.30. The molecule has 0 aliphatic heterocycles. The molecule has 20 heavy (non-hydrogen) atoms. The number of aryl methyl sites for hydroxylation is 1. The Kier molecular flexibility index (Phi) is 4.48. The lowest BCUT2D eigenvalue weighted by Crippen LogP contribution is -2.28. The number of halogens is 1. The van der Waals surface area contributed by atoms with Crippen LogP contribution in [0, 0.1) is 6.92 Å². The van der Waals surface area contributed by atoms with Gasteiger partial charge in [0, 0.05) is 17.3 Å². The average molecular weight is 291 g/mol. The first-order valence-corrected chi connectivity index (χ1v) is 6.51. The molecule has 4 nitrogen and oxygen atoms in total. The van der Waals surface area contributed by atoms with Crippen molar-refractivity contribution >= 4 is 23.3 Å². The van der Waals surface area contributed by atoms with E-state index in [1.54, 1.807) is 30.3 Å². The fourth-order valence-electron chi connectivity index (χ4n) is 1.69. The SMILES string of the molecule is Cc1ccc(NC(=O)NCc2cccc(O)c2)cc1Cl. The van der Waals surface area contributed by atoms with E-state index in [2.05, 4.69) is 10.6 Å². The minimum Gasteiger partial charge on any atom is -0.508 e. The number of anilines is 1. The molecule has 0 radical (unpaired) electrons. The van der Waals surface area contributed by atoms with Gasteiger partial charge in [-0.05, 0) is 42.3 Å². The lowest BCUT2D eigenvalue weighted by molar-refractivity contribution is 0.251. The molecule has 0 aliphatic carbocycles. The third kappa shape index (κ3) is 3.90. The molecule has 0 unspecified atom stereocenters. The van der Waals surface area contributed by atoms with Crippen molar-refractivity contribution in [2.24, 2.45) is 0 Å². The highest BCUT2D eigenvalue weighted by molar-refractivity contribution is 6.31. The largest absolute Gasteiger partial charge is 0.508 e. The number of benzene rings is 2. The van der Waals surface area contributed by atoms with E-state index in [4.69, 9.17) is 11.6 Å². The van der Waals surface area contributed by atoms with Crippen molar-refractivity contribution < 1.29 is 9.90 Å². The van der Waals surface area contributed by atoms with Crippen molar-refractivity contribution in [3.8, 4) is 5.75 Å². The van der Waals surface area contributed by atoms with Crippen molar-refractivity contribution in [2.75, 3.05) is 5.32 Å². The van der Waals surface area contributed by atoms with Crippen molar-refractivity contribution in [3.05, 3.63) is 58.6 Å². The summed E-state index contributed by atoms with van der Waals surface area (Å²) in [6, 6.07) is 11.7. The normalized spacial score (nSPS) is 10.1.